The lowest BCUT2D eigenvalue weighted by Crippen LogP contribution is -2.25. The van der Waals surface area contributed by atoms with Crippen molar-refractivity contribution in [2.24, 2.45) is 0 Å². The molecular formula is C19H20ClN5O3S. The van der Waals surface area contributed by atoms with Gasteiger partial charge in [0.1, 0.15) is 17.6 Å². The van der Waals surface area contributed by atoms with Gasteiger partial charge in [-0.3, -0.25) is 4.79 Å². The second-order valence-corrected chi connectivity index (χ2v) is 9.05. The number of halogens is 1. The van der Waals surface area contributed by atoms with Crippen molar-refractivity contribution in [1.29, 1.82) is 0 Å². The molecule has 0 saturated carbocycles. The molecule has 1 heterocycles. The Hall–Kier alpha value is -2.75. The van der Waals surface area contributed by atoms with Crippen LogP contribution in [-0.4, -0.2) is 47.5 Å². The fourth-order valence-corrected chi connectivity index (χ4v) is 3.98. The fraction of sp³-hybridized carbons (Fsp3) is 0.211. The standard InChI is InChI=1S/C19H20ClN5O3S/c1-24(2)29(27,28)18-9-16(7-8-17(18)20)19(26)22-10-14-3-5-15(6-4-14)11-25-13-21-12-23-25/h3-9,12-13H,10-11H2,1-2H3,(H,22,26). The molecule has 0 atom stereocenters. The Labute approximate surface area is 174 Å². The van der Waals surface area contributed by atoms with E-state index in [4.69, 9.17) is 11.6 Å². The highest BCUT2D eigenvalue weighted by atomic mass is 35.5. The van der Waals surface area contributed by atoms with Crippen molar-refractivity contribution >= 4 is 27.5 Å². The average molecular weight is 434 g/mol. The first-order chi connectivity index (χ1) is 13.8. The summed E-state index contributed by atoms with van der Waals surface area (Å²) in [5.41, 5.74) is 2.19. The molecule has 0 spiro atoms. The molecule has 1 aromatic heterocycles. The quantitative estimate of drug-likeness (QED) is 0.615. The summed E-state index contributed by atoms with van der Waals surface area (Å²) in [4.78, 5) is 16.3. The average Bonchev–Trinajstić information content (AvgIpc) is 3.20. The topological polar surface area (TPSA) is 97.2 Å². The number of rotatable bonds is 7. The second kappa shape index (κ2) is 8.73. The molecule has 152 valence electrons. The van der Waals surface area contributed by atoms with Crippen LogP contribution in [0.5, 0.6) is 0 Å². The van der Waals surface area contributed by atoms with Crippen molar-refractivity contribution in [1.82, 2.24) is 24.4 Å². The van der Waals surface area contributed by atoms with Crippen molar-refractivity contribution in [3.63, 3.8) is 0 Å². The van der Waals surface area contributed by atoms with Crippen LogP contribution < -0.4 is 5.32 Å². The van der Waals surface area contributed by atoms with E-state index < -0.39 is 10.0 Å². The number of nitrogens with zero attached hydrogens (tertiary/aromatic N) is 4. The molecule has 0 unspecified atom stereocenters. The van der Waals surface area contributed by atoms with E-state index in [0.717, 1.165) is 15.4 Å². The number of carbonyl (C=O) groups excluding carboxylic acids is 1. The molecular weight excluding hydrogens is 414 g/mol. The summed E-state index contributed by atoms with van der Waals surface area (Å²) >= 11 is 6.02. The molecule has 0 bridgehead atoms. The third-order valence-electron chi connectivity index (χ3n) is 4.24. The van der Waals surface area contributed by atoms with Gasteiger partial charge in [0, 0.05) is 26.2 Å². The van der Waals surface area contributed by atoms with Crippen molar-refractivity contribution in [3.8, 4) is 0 Å². The molecule has 0 aliphatic heterocycles. The Balaban J connectivity index is 1.66. The number of carbonyl (C=O) groups is 1. The lowest BCUT2D eigenvalue weighted by molar-refractivity contribution is 0.0950. The van der Waals surface area contributed by atoms with Gasteiger partial charge >= 0.3 is 0 Å². The second-order valence-electron chi connectivity index (χ2n) is 6.52. The van der Waals surface area contributed by atoms with Gasteiger partial charge in [-0.15, -0.1) is 0 Å². The zero-order valence-electron chi connectivity index (χ0n) is 15.9. The number of nitrogens with one attached hydrogen (secondary N) is 1. The van der Waals surface area contributed by atoms with Crippen molar-refractivity contribution in [2.45, 2.75) is 18.0 Å². The van der Waals surface area contributed by atoms with Gasteiger partial charge in [0.05, 0.1) is 11.6 Å². The largest absolute Gasteiger partial charge is 0.348 e. The number of hydrogen-bond acceptors (Lipinski definition) is 5. The van der Waals surface area contributed by atoms with Crippen LogP contribution in [-0.2, 0) is 23.1 Å². The van der Waals surface area contributed by atoms with E-state index in [1.54, 1.807) is 11.0 Å². The van der Waals surface area contributed by atoms with Gasteiger partial charge in [0.15, 0.2) is 0 Å². The minimum absolute atomic E-state index is 0.0678. The molecule has 8 nitrogen and oxygen atoms in total. The van der Waals surface area contributed by atoms with Crippen LogP contribution in [0.2, 0.25) is 5.02 Å². The van der Waals surface area contributed by atoms with Crippen molar-refractivity contribution in [3.05, 3.63) is 76.8 Å². The predicted molar refractivity (Wildman–Crippen MR) is 109 cm³/mol. The zero-order valence-corrected chi connectivity index (χ0v) is 17.5. The Morgan fingerprint density at radius 2 is 1.83 bits per heavy atom. The van der Waals surface area contributed by atoms with E-state index in [9.17, 15) is 13.2 Å². The van der Waals surface area contributed by atoms with Crippen LogP contribution in [0.4, 0.5) is 0 Å². The van der Waals surface area contributed by atoms with E-state index in [0.29, 0.717) is 13.1 Å². The van der Waals surface area contributed by atoms with Gasteiger partial charge < -0.3 is 5.32 Å². The van der Waals surface area contributed by atoms with Gasteiger partial charge in [0.25, 0.3) is 5.91 Å². The summed E-state index contributed by atoms with van der Waals surface area (Å²) in [5, 5.41) is 6.92. The number of hydrogen-bond donors (Lipinski definition) is 1. The fourth-order valence-electron chi connectivity index (χ4n) is 2.59. The van der Waals surface area contributed by atoms with Gasteiger partial charge in [-0.2, -0.15) is 5.10 Å². The number of sulfonamides is 1. The molecule has 10 heteroatoms. The highest BCUT2D eigenvalue weighted by Crippen LogP contribution is 2.24. The summed E-state index contributed by atoms with van der Waals surface area (Å²) < 4.78 is 27.5. The Morgan fingerprint density at radius 1 is 1.14 bits per heavy atom. The first-order valence-electron chi connectivity index (χ1n) is 8.68. The lowest BCUT2D eigenvalue weighted by Gasteiger charge is -2.14. The Kier molecular flexibility index (Phi) is 6.31. The van der Waals surface area contributed by atoms with E-state index in [-0.39, 0.29) is 21.4 Å². The first-order valence-corrected chi connectivity index (χ1v) is 10.5. The van der Waals surface area contributed by atoms with E-state index in [2.05, 4.69) is 15.4 Å². The molecule has 1 N–H and O–H groups in total. The van der Waals surface area contributed by atoms with Gasteiger partial charge in [-0.05, 0) is 29.3 Å². The number of aromatic nitrogens is 3. The normalized spacial score (nSPS) is 11.6. The molecule has 0 aliphatic rings. The first kappa shape index (κ1) is 21.0. The highest BCUT2D eigenvalue weighted by Gasteiger charge is 2.22. The van der Waals surface area contributed by atoms with E-state index >= 15 is 0 Å². The van der Waals surface area contributed by atoms with Crippen molar-refractivity contribution < 1.29 is 13.2 Å². The number of benzene rings is 2. The maximum atomic E-state index is 12.5. The van der Waals surface area contributed by atoms with Gasteiger partial charge in [-0.25, -0.2) is 22.4 Å². The summed E-state index contributed by atoms with van der Waals surface area (Å²) in [6.45, 7) is 0.918. The van der Waals surface area contributed by atoms with E-state index in [1.807, 2.05) is 24.3 Å². The zero-order chi connectivity index (χ0) is 21.0. The monoisotopic (exact) mass is 433 g/mol. The van der Waals surface area contributed by atoms with E-state index in [1.165, 1.54) is 38.6 Å². The third-order valence-corrected chi connectivity index (χ3v) is 6.54. The van der Waals surface area contributed by atoms with Crippen LogP contribution in [0.3, 0.4) is 0 Å². The smallest absolute Gasteiger partial charge is 0.251 e. The summed E-state index contributed by atoms with van der Waals surface area (Å²) in [6.07, 6.45) is 3.13. The van der Waals surface area contributed by atoms with Crippen molar-refractivity contribution in [2.75, 3.05) is 14.1 Å². The van der Waals surface area contributed by atoms with Crippen LogP contribution >= 0.6 is 11.6 Å². The molecule has 0 radical (unpaired) electrons. The van der Waals surface area contributed by atoms with Crippen LogP contribution in [0.1, 0.15) is 21.5 Å². The highest BCUT2D eigenvalue weighted by molar-refractivity contribution is 7.89. The molecule has 0 fully saturated rings. The maximum Gasteiger partial charge on any atom is 0.251 e. The number of amides is 1. The summed E-state index contributed by atoms with van der Waals surface area (Å²) in [6, 6.07) is 11.9. The summed E-state index contributed by atoms with van der Waals surface area (Å²) in [7, 11) is -0.932. The van der Waals surface area contributed by atoms with Crippen LogP contribution in [0.15, 0.2) is 60.0 Å². The molecule has 0 saturated heterocycles. The minimum Gasteiger partial charge on any atom is -0.348 e. The third kappa shape index (κ3) is 5.00. The van der Waals surface area contributed by atoms with Crippen LogP contribution in [0, 0.1) is 0 Å². The predicted octanol–water partition coefficient (Wildman–Crippen LogP) is 2.16. The molecule has 2 aromatic carbocycles. The minimum atomic E-state index is -3.75. The maximum absolute atomic E-state index is 12.5. The molecule has 1 amide bonds. The molecule has 29 heavy (non-hydrogen) atoms. The Bertz CT molecular complexity index is 1100. The van der Waals surface area contributed by atoms with Crippen LogP contribution in [0.25, 0.3) is 0 Å². The lowest BCUT2D eigenvalue weighted by atomic mass is 10.1. The summed E-state index contributed by atoms with van der Waals surface area (Å²) in [5.74, 6) is -0.386. The van der Waals surface area contributed by atoms with Gasteiger partial charge in [-0.1, -0.05) is 35.9 Å². The Morgan fingerprint density at radius 3 is 2.45 bits per heavy atom. The molecule has 0 aliphatic carbocycles. The molecule has 3 rings (SSSR count). The SMILES string of the molecule is CN(C)S(=O)(=O)c1cc(C(=O)NCc2ccc(Cn3cncn3)cc2)ccc1Cl. The van der Waals surface area contributed by atoms with Gasteiger partial charge in [0.2, 0.25) is 10.0 Å². The molecule has 3 aromatic rings.